The molecule has 4 N–H and O–H groups in total. The summed E-state index contributed by atoms with van der Waals surface area (Å²) in [5, 5.41) is 41.8. The van der Waals surface area contributed by atoms with E-state index < -0.39 is 37.3 Å². The smallest absolute Gasteiger partial charge is 0.163 e. The molecule has 0 aliphatic carbocycles. The number of fused-ring (bicyclic) bond motifs is 1. The first-order chi connectivity index (χ1) is 14.4. The molecule has 0 bridgehead atoms. The number of benzene rings is 2. The van der Waals surface area contributed by atoms with Crippen molar-refractivity contribution in [3.8, 4) is 0 Å². The molecule has 6 nitrogen and oxygen atoms in total. The van der Waals surface area contributed by atoms with Crippen LogP contribution in [0, 0.1) is 0 Å². The van der Waals surface area contributed by atoms with Gasteiger partial charge in [-0.15, -0.1) is 0 Å². The number of halogens is 1. The van der Waals surface area contributed by atoms with Crippen LogP contribution in [0.4, 0.5) is 0 Å². The van der Waals surface area contributed by atoms with E-state index in [0.717, 1.165) is 27.1 Å². The van der Waals surface area contributed by atoms with E-state index in [1.54, 1.807) is 28.5 Å². The van der Waals surface area contributed by atoms with E-state index in [9.17, 15) is 20.4 Å². The fraction of sp³-hybridized carbons (Fsp3) is 0.364. The molecule has 1 aliphatic rings. The van der Waals surface area contributed by atoms with Gasteiger partial charge in [0, 0.05) is 26.4 Å². The maximum atomic E-state index is 10.6. The van der Waals surface area contributed by atoms with Crippen molar-refractivity contribution in [2.45, 2.75) is 53.8 Å². The first kappa shape index (κ1) is 21.6. The highest BCUT2D eigenvalue weighted by Gasteiger charge is 2.44. The summed E-state index contributed by atoms with van der Waals surface area (Å²) in [6.07, 6.45) is -3.39. The van der Waals surface area contributed by atoms with Crippen molar-refractivity contribution in [1.29, 1.82) is 0 Å². The van der Waals surface area contributed by atoms with Crippen LogP contribution in [0.15, 0.2) is 58.5 Å². The molecule has 8 heteroatoms. The van der Waals surface area contributed by atoms with Gasteiger partial charge in [-0.25, -0.2) is 0 Å². The van der Waals surface area contributed by atoms with Crippen molar-refractivity contribution in [2.75, 3.05) is 6.61 Å². The highest BCUT2D eigenvalue weighted by molar-refractivity contribution is 7.99. The predicted octanol–water partition coefficient (Wildman–Crippen LogP) is 2.98. The molecule has 1 saturated heterocycles. The molecule has 2 aromatic carbocycles. The van der Waals surface area contributed by atoms with Crippen molar-refractivity contribution < 1.29 is 25.2 Å². The van der Waals surface area contributed by atoms with Gasteiger partial charge in [-0.3, -0.25) is 0 Å². The summed E-state index contributed by atoms with van der Waals surface area (Å²) in [5.41, 5.74) is 1.98. The number of rotatable bonds is 5. The van der Waals surface area contributed by atoms with Gasteiger partial charge in [0.25, 0.3) is 0 Å². The van der Waals surface area contributed by atoms with Crippen molar-refractivity contribution >= 4 is 34.3 Å². The Kier molecular flexibility index (Phi) is 6.41. The maximum absolute atomic E-state index is 10.6. The average molecular weight is 450 g/mol. The van der Waals surface area contributed by atoms with Crippen molar-refractivity contribution in [2.24, 2.45) is 0 Å². The predicted molar refractivity (Wildman–Crippen MR) is 116 cm³/mol. The highest BCUT2D eigenvalue weighted by atomic mass is 35.5. The molecule has 1 aliphatic heterocycles. The van der Waals surface area contributed by atoms with E-state index in [1.165, 1.54) is 5.56 Å². The van der Waals surface area contributed by atoms with Crippen molar-refractivity contribution in [1.82, 2.24) is 4.57 Å². The number of hydrogen-bond acceptors (Lipinski definition) is 6. The van der Waals surface area contributed by atoms with Crippen LogP contribution in [0.1, 0.15) is 18.7 Å². The van der Waals surface area contributed by atoms with Crippen LogP contribution in [0.25, 0.3) is 10.9 Å². The summed E-state index contributed by atoms with van der Waals surface area (Å²) >= 11 is 7.80. The van der Waals surface area contributed by atoms with E-state index in [0.29, 0.717) is 5.02 Å². The van der Waals surface area contributed by atoms with Gasteiger partial charge >= 0.3 is 0 Å². The fourth-order valence-corrected chi connectivity index (χ4v) is 4.86. The molecular weight excluding hydrogens is 426 g/mol. The van der Waals surface area contributed by atoms with Gasteiger partial charge in [0.2, 0.25) is 0 Å². The third kappa shape index (κ3) is 3.99. The Hall–Kier alpha value is -1.58. The largest absolute Gasteiger partial charge is 0.394 e. The Labute approximate surface area is 183 Å². The number of aliphatic hydroxyl groups is 4. The van der Waals surface area contributed by atoms with Gasteiger partial charge < -0.3 is 29.7 Å². The zero-order valence-electron chi connectivity index (χ0n) is 16.4. The zero-order chi connectivity index (χ0) is 21.4. The van der Waals surface area contributed by atoms with E-state index in [-0.39, 0.29) is 0 Å². The summed E-state index contributed by atoms with van der Waals surface area (Å²) in [5.74, 6) is 0. The number of nitrogens with zero attached hydrogens (tertiary/aromatic N) is 1. The summed E-state index contributed by atoms with van der Waals surface area (Å²) in [6, 6.07) is 13.8. The van der Waals surface area contributed by atoms with Crippen LogP contribution in [0.5, 0.6) is 0 Å². The second-order valence-corrected chi connectivity index (χ2v) is 8.93. The minimum absolute atomic E-state index is 0.479. The molecule has 1 aromatic heterocycles. The second kappa shape index (κ2) is 8.88. The van der Waals surface area contributed by atoms with Crippen LogP contribution < -0.4 is 0 Å². The topological polar surface area (TPSA) is 95.1 Å². The van der Waals surface area contributed by atoms with Crippen molar-refractivity contribution in [3.63, 3.8) is 0 Å². The third-order valence-corrected chi connectivity index (χ3v) is 6.75. The number of aromatic nitrogens is 1. The lowest BCUT2D eigenvalue weighted by molar-refractivity contribution is -0.250. The lowest BCUT2D eigenvalue weighted by Gasteiger charge is -2.40. The van der Waals surface area contributed by atoms with Gasteiger partial charge in [0.05, 0.1) is 12.1 Å². The van der Waals surface area contributed by atoms with Crippen LogP contribution in [0.3, 0.4) is 0 Å². The standard InChI is InChI=1S/C22H24ClNO5S/c1-2-12-3-6-14(7-4-12)30-18-10-24(16-9-13(23)5-8-15(16)18)22-21(28)20(27)19(26)17(11-25)29-22/h3-10,17,19-22,25-28H,2,11H2,1H3/t17-,19-,20+,21-,22-/m1/s1. The van der Waals surface area contributed by atoms with Crippen LogP contribution in [0.2, 0.25) is 5.02 Å². The summed E-state index contributed by atoms with van der Waals surface area (Å²) in [7, 11) is 0. The Morgan fingerprint density at radius 1 is 1.03 bits per heavy atom. The van der Waals surface area contributed by atoms with E-state index in [1.807, 2.05) is 12.3 Å². The van der Waals surface area contributed by atoms with Gasteiger partial charge in [0.1, 0.15) is 24.4 Å². The van der Waals surface area contributed by atoms with Crippen molar-refractivity contribution in [3.05, 3.63) is 59.2 Å². The molecule has 160 valence electrons. The molecule has 3 aromatic rings. The van der Waals surface area contributed by atoms with Gasteiger partial charge in [-0.2, -0.15) is 0 Å². The number of aryl methyl sites for hydroxylation is 1. The van der Waals surface area contributed by atoms with E-state index in [4.69, 9.17) is 16.3 Å². The molecule has 0 saturated carbocycles. The summed E-state index contributed by atoms with van der Waals surface area (Å²) in [4.78, 5) is 2.00. The number of ether oxygens (including phenoxy) is 1. The Morgan fingerprint density at radius 3 is 2.43 bits per heavy atom. The number of hydrogen-bond donors (Lipinski definition) is 4. The highest BCUT2D eigenvalue weighted by Crippen LogP contribution is 2.40. The lowest BCUT2D eigenvalue weighted by Crippen LogP contribution is -2.56. The second-order valence-electron chi connectivity index (χ2n) is 7.38. The zero-order valence-corrected chi connectivity index (χ0v) is 17.9. The molecule has 4 rings (SSSR count). The lowest BCUT2D eigenvalue weighted by atomic mass is 9.98. The maximum Gasteiger partial charge on any atom is 0.163 e. The molecule has 0 amide bonds. The Balaban J connectivity index is 1.75. The van der Waals surface area contributed by atoms with Gasteiger partial charge in [-0.05, 0) is 36.2 Å². The minimum atomic E-state index is -1.45. The summed E-state index contributed by atoms with van der Waals surface area (Å²) < 4.78 is 7.46. The van der Waals surface area contributed by atoms with Gasteiger partial charge in [-0.1, -0.05) is 48.5 Å². The molecule has 0 spiro atoms. The molecule has 1 fully saturated rings. The third-order valence-electron chi connectivity index (χ3n) is 5.46. The Morgan fingerprint density at radius 2 is 1.77 bits per heavy atom. The average Bonchev–Trinajstić information content (AvgIpc) is 3.10. The van der Waals surface area contributed by atoms with Crippen LogP contribution in [-0.2, 0) is 11.2 Å². The quantitative estimate of drug-likeness (QED) is 0.478. The first-order valence-corrected chi connectivity index (χ1v) is 11.0. The molecular formula is C22H24ClNO5S. The molecule has 0 radical (unpaired) electrons. The molecule has 2 heterocycles. The fourth-order valence-electron chi connectivity index (χ4n) is 3.72. The SMILES string of the molecule is CCc1ccc(Sc2cn([C@@H]3O[C@H](CO)[C@@H](O)[C@H](O)[C@H]3O)c3cc(Cl)ccc23)cc1. The minimum Gasteiger partial charge on any atom is -0.394 e. The molecule has 0 unspecified atom stereocenters. The molecule has 5 atom stereocenters. The number of aliphatic hydroxyl groups excluding tert-OH is 4. The van der Waals surface area contributed by atoms with Crippen LogP contribution >= 0.6 is 23.4 Å². The van der Waals surface area contributed by atoms with Crippen LogP contribution in [-0.4, -0.2) is 56.0 Å². The van der Waals surface area contributed by atoms with Gasteiger partial charge in [0.15, 0.2) is 6.23 Å². The monoisotopic (exact) mass is 449 g/mol. The summed E-state index contributed by atoms with van der Waals surface area (Å²) in [6.45, 7) is 1.63. The van der Waals surface area contributed by atoms with E-state index in [2.05, 4.69) is 31.2 Å². The van der Waals surface area contributed by atoms with E-state index >= 15 is 0 Å². The molecule has 30 heavy (non-hydrogen) atoms. The first-order valence-electron chi connectivity index (χ1n) is 9.80. The normalized spacial score (nSPS) is 26.9. The Bertz CT molecular complexity index is 1020.